The second kappa shape index (κ2) is 4.82. The summed E-state index contributed by atoms with van der Waals surface area (Å²) < 4.78 is 11.0. The first kappa shape index (κ1) is 15.5. The topological polar surface area (TPSA) is 72.8 Å². The number of carbonyl (C=O) groups is 2. The molecule has 0 spiro atoms. The van der Waals surface area contributed by atoms with Crippen molar-refractivity contribution in [2.45, 2.75) is 64.3 Å². The highest BCUT2D eigenvalue weighted by molar-refractivity contribution is 5.75. The first-order valence-corrected chi connectivity index (χ1v) is 8.00. The summed E-state index contributed by atoms with van der Waals surface area (Å²) in [6.07, 6.45) is 1.72. The molecule has 6 atom stereocenters. The van der Waals surface area contributed by atoms with Crippen LogP contribution in [0, 0.1) is 17.3 Å². The zero-order valence-electron chi connectivity index (χ0n) is 13.4. The van der Waals surface area contributed by atoms with E-state index in [0.717, 1.165) is 6.42 Å². The molecule has 3 aliphatic rings. The zero-order chi connectivity index (χ0) is 16.3. The fourth-order valence-electron chi connectivity index (χ4n) is 4.75. The van der Waals surface area contributed by atoms with Crippen LogP contribution in [0.5, 0.6) is 0 Å². The highest BCUT2D eigenvalue weighted by Gasteiger charge is 2.68. The van der Waals surface area contributed by atoms with E-state index in [4.69, 9.17) is 9.47 Å². The number of hydrogen-bond acceptors (Lipinski definition) is 5. The monoisotopic (exact) mass is 308 g/mol. The van der Waals surface area contributed by atoms with E-state index in [1.807, 2.05) is 13.8 Å². The van der Waals surface area contributed by atoms with Gasteiger partial charge in [0, 0.05) is 18.3 Å². The number of ether oxygens (including phenoxy) is 2. The molecule has 1 aliphatic heterocycles. The molecule has 0 bridgehead atoms. The van der Waals surface area contributed by atoms with Gasteiger partial charge in [0.15, 0.2) is 0 Å². The van der Waals surface area contributed by atoms with Crippen molar-refractivity contribution in [1.82, 2.24) is 0 Å². The molecular weight excluding hydrogens is 284 g/mol. The van der Waals surface area contributed by atoms with Gasteiger partial charge in [0.2, 0.25) is 0 Å². The molecule has 5 heteroatoms. The van der Waals surface area contributed by atoms with Gasteiger partial charge in [-0.1, -0.05) is 20.4 Å². The molecule has 3 fully saturated rings. The van der Waals surface area contributed by atoms with E-state index < -0.39 is 17.1 Å². The Bertz CT molecular complexity index is 541. The molecule has 2 saturated carbocycles. The Kier molecular flexibility index (Phi) is 3.40. The summed E-state index contributed by atoms with van der Waals surface area (Å²) in [6.45, 7) is 9.23. The smallest absolute Gasteiger partial charge is 0.309 e. The first-order valence-electron chi connectivity index (χ1n) is 8.00. The lowest BCUT2D eigenvalue weighted by atomic mass is 9.51. The third kappa shape index (κ3) is 1.81. The van der Waals surface area contributed by atoms with E-state index in [1.54, 1.807) is 0 Å². The van der Waals surface area contributed by atoms with E-state index in [1.165, 1.54) is 6.92 Å². The fraction of sp³-hybridized carbons (Fsp3) is 0.765. The van der Waals surface area contributed by atoms with E-state index in [-0.39, 0.29) is 29.9 Å². The lowest BCUT2D eigenvalue weighted by Crippen LogP contribution is -2.67. The van der Waals surface area contributed by atoms with E-state index in [0.29, 0.717) is 24.8 Å². The molecule has 0 unspecified atom stereocenters. The quantitative estimate of drug-likeness (QED) is 0.592. The number of hydrogen-bond donors (Lipinski definition) is 1. The van der Waals surface area contributed by atoms with Crippen molar-refractivity contribution in [2.75, 3.05) is 0 Å². The highest BCUT2D eigenvalue weighted by Crippen LogP contribution is 2.60. The second-order valence-electron chi connectivity index (χ2n) is 7.27. The van der Waals surface area contributed by atoms with E-state index in [2.05, 4.69) is 6.58 Å². The number of esters is 2. The van der Waals surface area contributed by atoms with Gasteiger partial charge >= 0.3 is 11.9 Å². The largest absolute Gasteiger partial charge is 0.462 e. The molecule has 0 amide bonds. The minimum absolute atomic E-state index is 0.00148. The minimum Gasteiger partial charge on any atom is -0.462 e. The van der Waals surface area contributed by atoms with Gasteiger partial charge in [-0.15, -0.1) is 0 Å². The summed E-state index contributed by atoms with van der Waals surface area (Å²) in [4.78, 5) is 23.4. The van der Waals surface area contributed by atoms with Crippen LogP contribution in [-0.4, -0.2) is 34.9 Å². The van der Waals surface area contributed by atoms with E-state index >= 15 is 0 Å². The summed E-state index contributed by atoms with van der Waals surface area (Å²) in [5.74, 6) is -0.811. The predicted molar refractivity (Wildman–Crippen MR) is 78.8 cm³/mol. The molecule has 0 aromatic heterocycles. The molecule has 2 aliphatic carbocycles. The average molecular weight is 308 g/mol. The van der Waals surface area contributed by atoms with Crippen LogP contribution in [-0.2, 0) is 19.1 Å². The van der Waals surface area contributed by atoms with Gasteiger partial charge in [-0.2, -0.15) is 0 Å². The van der Waals surface area contributed by atoms with Crippen molar-refractivity contribution in [1.29, 1.82) is 0 Å². The highest BCUT2D eigenvalue weighted by atomic mass is 16.6. The molecule has 1 saturated heterocycles. The maximum absolute atomic E-state index is 12.0. The summed E-state index contributed by atoms with van der Waals surface area (Å²) >= 11 is 0. The molecule has 5 nitrogen and oxygen atoms in total. The molecule has 3 rings (SSSR count). The van der Waals surface area contributed by atoms with Crippen LogP contribution in [0.3, 0.4) is 0 Å². The Morgan fingerprint density at radius 2 is 2.14 bits per heavy atom. The summed E-state index contributed by atoms with van der Waals surface area (Å²) in [5, 5.41) is 11.5. The van der Waals surface area contributed by atoms with Crippen molar-refractivity contribution in [3.63, 3.8) is 0 Å². The fourth-order valence-corrected chi connectivity index (χ4v) is 4.75. The van der Waals surface area contributed by atoms with Gasteiger partial charge in [-0.3, -0.25) is 9.59 Å². The summed E-state index contributed by atoms with van der Waals surface area (Å²) in [5.41, 5.74) is -1.30. The lowest BCUT2D eigenvalue weighted by Gasteiger charge is -2.58. The third-order valence-corrected chi connectivity index (χ3v) is 6.19. The van der Waals surface area contributed by atoms with Crippen LogP contribution in [0.15, 0.2) is 12.2 Å². The van der Waals surface area contributed by atoms with Gasteiger partial charge < -0.3 is 14.6 Å². The van der Waals surface area contributed by atoms with Crippen molar-refractivity contribution in [2.24, 2.45) is 17.3 Å². The van der Waals surface area contributed by atoms with Crippen molar-refractivity contribution >= 4 is 11.9 Å². The molecule has 1 N–H and O–H groups in total. The maximum Gasteiger partial charge on any atom is 0.309 e. The standard InChI is InChI=1S/C17H24O5/c1-9-5-6-13(21-11(3)18)16(4)8-7-12-10(2)15(19)22-14(12)17(9,16)20/h10,12-14,20H,1,5-8H2,2-4H3/t10-,12-,13-,14-,16-,17+/m0/s1. The van der Waals surface area contributed by atoms with Gasteiger partial charge in [0.05, 0.1) is 5.92 Å². The zero-order valence-corrected chi connectivity index (χ0v) is 13.4. The average Bonchev–Trinajstić information content (AvgIpc) is 2.73. The number of carbonyl (C=O) groups excluding carboxylic acids is 2. The van der Waals surface area contributed by atoms with Crippen molar-refractivity contribution in [3.05, 3.63) is 12.2 Å². The molecule has 0 aromatic carbocycles. The molecule has 0 radical (unpaired) electrons. The van der Waals surface area contributed by atoms with Crippen LogP contribution >= 0.6 is 0 Å². The van der Waals surface area contributed by atoms with Crippen molar-refractivity contribution in [3.8, 4) is 0 Å². The van der Waals surface area contributed by atoms with Crippen LogP contribution in [0.2, 0.25) is 0 Å². The number of fused-ring (bicyclic) bond motifs is 3. The first-order chi connectivity index (χ1) is 10.2. The molecular formula is C17H24O5. The van der Waals surface area contributed by atoms with Crippen LogP contribution in [0.4, 0.5) is 0 Å². The minimum atomic E-state index is -1.32. The molecule has 0 aromatic rings. The van der Waals surface area contributed by atoms with Gasteiger partial charge in [0.25, 0.3) is 0 Å². The number of aliphatic hydroxyl groups is 1. The Labute approximate surface area is 130 Å². The van der Waals surface area contributed by atoms with Crippen LogP contribution < -0.4 is 0 Å². The Morgan fingerprint density at radius 3 is 2.77 bits per heavy atom. The van der Waals surface area contributed by atoms with Crippen LogP contribution in [0.25, 0.3) is 0 Å². The Morgan fingerprint density at radius 1 is 1.45 bits per heavy atom. The van der Waals surface area contributed by atoms with Crippen LogP contribution in [0.1, 0.15) is 46.5 Å². The Balaban J connectivity index is 2.03. The second-order valence-corrected chi connectivity index (χ2v) is 7.27. The predicted octanol–water partition coefficient (Wildman–Crippen LogP) is 1.98. The SMILES string of the molecule is C=C1CC[C@H](OC(C)=O)[C@]2(C)CC[C@H]3[C@H](C)C(=O)O[C@@H]3[C@]12O. The third-order valence-electron chi connectivity index (χ3n) is 6.19. The molecule has 122 valence electrons. The Hall–Kier alpha value is -1.36. The molecule has 22 heavy (non-hydrogen) atoms. The maximum atomic E-state index is 12.0. The van der Waals surface area contributed by atoms with E-state index in [9.17, 15) is 14.7 Å². The summed E-state index contributed by atoms with van der Waals surface area (Å²) in [6, 6.07) is 0. The van der Waals surface area contributed by atoms with Crippen molar-refractivity contribution < 1.29 is 24.2 Å². The summed E-state index contributed by atoms with van der Waals surface area (Å²) in [7, 11) is 0. The number of rotatable bonds is 1. The van der Waals surface area contributed by atoms with Gasteiger partial charge in [-0.25, -0.2) is 0 Å². The molecule has 1 heterocycles. The van der Waals surface area contributed by atoms with Gasteiger partial charge in [0.1, 0.15) is 17.8 Å². The van der Waals surface area contributed by atoms with Gasteiger partial charge in [-0.05, 0) is 31.3 Å². The normalized spacial score (nSPS) is 47.5. The lowest BCUT2D eigenvalue weighted by molar-refractivity contribution is -0.224.